The summed E-state index contributed by atoms with van der Waals surface area (Å²) in [5.74, 6) is 2.49. The molecule has 0 aromatic carbocycles. The lowest BCUT2D eigenvalue weighted by atomic mass is 10.3. The van der Waals surface area contributed by atoms with Gasteiger partial charge in [0.25, 0.3) is 0 Å². The quantitative estimate of drug-likeness (QED) is 0.510. The molecule has 4 heteroatoms. The van der Waals surface area contributed by atoms with Gasteiger partial charge in [-0.3, -0.25) is 0 Å². The van der Waals surface area contributed by atoms with Gasteiger partial charge in [-0.15, -0.1) is 0 Å². The van der Waals surface area contributed by atoms with Gasteiger partial charge in [0.2, 0.25) is 0 Å². The number of rotatable bonds is 5. The molecule has 3 nitrogen and oxygen atoms in total. The van der Waals surface area contributed by atoms with Crippen LogP contribution in [0.15, 0.2) is 22.8 Å². The summed E-state index contributed by atoms with van der Waals surface area (Å²) in [5.41, 5.74) is 0. The highest BCUT2D eigenvalue weighted by Gasteiger charge is 2.27. The molecule has 0 aliphatic heterocycles. The Balaban J connectivity index is 1.97. The Morgan fingerprint density at radius 1 is 1.50 bits per heavy atom. The van der Waals surface area contributed by atoms with Crippen LogP contribution < -0.4 is 5.32 Å². The van der Waals surface area contributed by atoms with Gasteiger partial charge in [0.15, 0.2) is 0 Å². The summed E-state index contributed by atoms with van der Waals surface area (Å²) in [4.78, 5) is 8.91. The van der Waals surface area contributed by atoms with Crippen molar-refractivity contribution in [2.75, 3.05) is 11.9 Å². The average molecular weight is 282 g/mol. The molecule has 0 unspecified atom stereocenters. The van der Waals surface area contributed by atoms with Crippen molar-refractivity contribution in [3.8, 4) is 0 Å². The summed E-state index contributed by atoms with van der Waals surface area (Å²) >= 11 is 3.43. The Hall–Kier alpha value is -0.900. The van der Waals surface area contributed by atoms with Gasteiger partial charge in [-0.25, -0.2) is 9.97 Å². The number of allylic oxidation sites excluding steroid dienone is 1. The zero-order valence-electron chi connectivity index (χ0n) is 9.41. The van der Waals surface area contributed by atoms with Crippen molar-refractivity contribution < 1.29 is 0 Å². The molecule has 1 N–H and O–H groups in total. The second-order valence-corrected chi connectivity index (χ2v) is 4.81. The van der Waals surface area contributed by atoms with Crippen molar-refractivity contribution in [1.29, 1.82) is 0 Å². The molecule has 16 heavy (non-hydrogen) atoms. The van der Waals surface area contributed by atoms with Crippen molar-refractivity contribution >= 4 is 21.7 Å². The summed E-state index contributed by atoms with van der Waals surface area (Å²) in [6.07, 6.45) is 7.69. The van der Waals surface area contributed by atoms with Crippen LogP contribution in [-0.4, -0.2) is 16.5 Å². The van der Waals surface area contributed by atoms with E-state index < -0.39 is 0 Å². The lowest BCUT2D eigenvalue weighted by Gasteiger charge is -2.06. The smallest absolute Gasteiger partial charge is 0.135 e. The van der Waals surface area contributed by atoms with E-state index in [9.17, 15) is 0 Å². The van der Waals surface area contributed by atoms with E-state index in [1.807, 2.05) is 13.0 Å². The maximum atomic E-state index is 4.52. The zero-order valence-corrected chi connectivity index (χ0v) is 11.0. The lowest BCUT2D eigenvalue weighted by Crippen LogP contribution is -2.05. The standard InChI is InChI=1S/C12H16BrN3/c1-2-3-4-7-14-11-8-10(13)15-12(16-11)9-5-6-9/h2-3,8-9H,4-7H2,1H3,(H,14,15,16)/b3-2+. The number of aromatic nitrogens is 2. The number of halogens is 1. The first-order valence-corrected chi connectivity index (χ1v) is 6.48. The van der Waals surface area contributed by atoms with E-state index in [1.165, 1.54) is 12.8 Å². The maximum absolute atomic E-state index is 4.52. The number of hydrogen-bond acceptors (Lipinski definition) is 3. The van der Waals surface area contributed by atoms with Crippen molar-refractivity contribution in [3.05, 3.63) is 28.6 Å². The fourth-order valence-electron chi connectivity index (χ4n) is 1.50. The van der Waals surface area contributed by atoms with E-state index in [2.05, 4.69) is 43.4 Å². The minimum absolute atomic E-state index is 0.591. The molecule has 0 spiro atoms. The van der Waals surface area contributed by atoms with Gasteiger partial charge in [-0.2, -0.15) is 0 Å². The molecule has 1 aliphatic rings. The molecule has 2 rings (SSSR count). The summed E-state index contributed by atoms with van der Waals surface area (Å²) in [6, 6.07) is 1.93. The predicted molar refractivity (Wildman–Crippen MR) is 69.6 cm³/mol. The van der Waals surface area contributed by atoms with Gasteiger partial charge < -0.3 is 5.32 Å². The van der Waals surface area contributed by atoms with Crippen LogP contribution in [0.2, 0.25) is 0 Å². The molecule has 0 amide bonds. The van der Waals surface area contributed by atoms with Gasteiger partial charge >= 0.3 is 0 Å². The fraction of sp³-hybridized carbons (Fsp3) is 0.500. The average Bonchev–Trinajstić information content (AvgIpc) is 3.07. The molecule has 0 radical (unpaired) electrons. The topological polar surface area (TPSA) is 37.8 Å². The van der Waals surface area contributed by atoms with Crippen LogP contribution in [0.3, 0.4) is 0 Å². The Labute approximate surface area is 105 Å². The van der Waals surface area contributed by atoms with Gasteiger partial charge in [0.05, 0.1) is 0 Å². The summed E-state index contributed by atoms with van der Waals surface area (Å²) in [6.45, 7) is 2.95. The number of nitrogens with one attached hydrogen (secondary N) is 1. The summed E-state index contributed by atoms with van der Waals surface area (Å²) in [5, 5.41) is 3.31. The van der Waals surface area contributed by atoms with Crippen LogP contribution in [0.5, 0.6) is 0 Å². The monoisotopic (exact) mass is 281 g/mol. The van der Waals surface area contributed by atoms with E-state index in [1.54, 1.807) is 0 Å². The highest BCUT2D eigenvalue weighted by Crippen LogP contribution is 2.38. The molecule has 1 fully saturated rings. The Morgan fingerprint density at radius 2 is 2.31 bits per heavy atom. The van der Waals surface area contributed by atoms with Crippen molar-refractivity contribution in [2.45, 2.75) is 32.1 Å². The second kappa shape index (κ2) is 5.43. The number of nitrogens with zero attached hydrogens (tertiary/aromatic N) is 2. The van der Waals surface area contributed by atoms with Gasteiger partial charge in [0.1, 0.15) is 16.2 Å². The highest BCUT2D eigenvalue weighted by atomic mass is 79.9. The first kappa shape index (κ1) is 11.6. The molecule has 0 atom stereocenters. The third-order valence-corrected chi connectivity index (χ3v) is 2.91. The largest absolute Gasteiger partial charge is 0.370 e. The van der Waals surface area contributed by atoms with Crippen molar-refractivity contribution in [3.63, 3.8) is 0 Å². The van der Waals surface area contributed by atoms with Crippen LogP contribution in [0.4, 0.5) is 5.82 Å². The van der Waals surface area contributed by atoms with Crippen LogP contribution in [0, 0.1) is 0 Å². The zero-order chi connectivity index (χ0) is 11.4. The number of hydrogen-bond donors (Lipinski definition) is 1. The van der Waals surface area contributed by atoms with Crippen LogP contribution in [-0.2, 0) is 0 Å². The molecule has 86 valence electrons. The number of anilines is 1. The van der Waals surface area contributed by atoms with Crippen LogP contribution >= 0.6 is 15.9 Å². The van der Waals surface area contributed by atoms with Gasteiger partial charge in [-0.1, -0.05) is 12.2 Å². The fourth-order valence-corrected chi connectivity index (χ4v) is 1.90. The van der Waals surface area contributed by atoms with E-state index in [4.69, 9.17) is 0 Å². The van der Waals surface area contributed by atoms with E-state index >= 15 is 0 Å². The third kappa shape index (κ3) is 3.30. The Morgan fingerprint density at radius 3 is 3.00 bits per heavy atom. The second-order valence-electron chi connectivity index (χ2n) is 3.99. The minimum atomic E-state index is 0.591. The van der Waals surface area contributed by atoms with Crippen LogP contribution in [0.25, 0.3) is 0 Å². The molecule has 0 saturated heterocycles. The van der Waals surface area contributed by atoms with Gasteiger partial charge in [-0.05, 0) is 42.1 Å². The lowest BCUT2D eigenvalue weighted by molar-refractivity contribution is 0.908. The molecule has 1 saturated carbocycles. The van der Waals surface area contributed by atoms with Gasteiger partial charge in [0, 0.05) is 18.5 Å². The molecule has 0 bridgehead atoms. The van der Waals surface area contributed by atoms with E-state index in [0.29, 0.717) is 5.92 Å². The predicted octanol–water partition coefficient (Wildman–Crippen LogP) is 3.49. The molecular weight excluding hydrogens is 266 g/mol. The summed E-state index contributed by atoms with van der Waals surface area (Å²) < 4.78 is 0.873. The maximum Gasteiger partial charge on any atom is 0.135 e. The van der Waals surface area contributed by atoms with E-state index in [0.717, 1.165) is 29.2 Å². The first-order chi connectivity index (χ1) is 7.79. The molecule has 1 aliphatic carbocycles. The van der Waals surface area contributed by atoms with Crippen molar-refractivity contribution in [1.82, 2.24) is 9.97 Å². The Kier molecular flexibility index (Phi) is 3.93. The molecular formula is C12H16BrN3. The Bertz CT molecular complexity index is 386. The van der Waals surface area contributed by atoms with E-state index in [-0.39, 0.29) is 0 Å². The first-order valence-electron chi connectivity index (χ1n) is 5.69. The van der Waals surface area contributed by atoms with Crippen molar-refractivity contribution in [2.24, 2.45) is 0 Å². The highest BCUT2D eigenvalue weighted by molar-refractivity contribution is 9.10. The molecule has 1 aromatic rings. The normalized spacial score (nSPS) is 15.6. The molecule has 1 heterocycles. The SMILES string of the molecule is C/C=C/CCNc1cc(Br)nc(C2CC2)n1. The third-order valence-electron chi connectivity index (χ3n) is 2.51. The van der Waals surface area contributed by atoms with Crippen LogP contribution in [0.1, 0.15) is 37.9 Å². The summed E-state index contributed by atoms with van der Waals surface area (Å²) in [7, 11) is 0. The minimum Gasteiger partial charge on any atom is -0.370 e. The molecule has 1 aromatic heterocycles.